The molecule has 0 saturated heterocycles. The summed E-state index contributed by atoms with van der Waals surface area (Å²) in [5.41, 5.74) is 5.27. The van der Waals surface area contributed by atoms with Gasteiger partial charge in [-0.3, -0.25) is 0 Å². The minimum atomic E-state index is -0.876. The highest BCUT2D eigenvalue weighted by Crippen LogP contribution is 2.64. The predicted molar refractivity (Wildman–Crippen MR) is 103 cm³/mol. The number of halogens is 1. The number of carbonyl (C=O) groups is 1. The summed E-state index contributed by atoms with van der Waals surface area (Å²) in [5, 5.41) is 13.8. The third-order valence-corrected chi connectivity index (χ3v) is 7.38. The van der Waals surface area contributed by atoms with E-state index >= 15 is 0 Å². The summed E-state index contributed by atoms with van der Waals surface area (Å²) >= 11 is 6.41. The van der Waals surface area contributed by atoms with Crippen molar-refractivity contribution < 1.29 is 9.90 Å². The molecule has 2 aromatic rings. The maximum absolute atomic E-state index is 11.2. The number of aromatic carboxylic acids is 1. The van der Waals surface area contributed by atoms with Crippen LogP contribution in [0.15, 0.2) is 36.4 Å². The monoisotopic (exact) mass is 367 g/mol. The molecule has 0 aromatic heterocycles. The van der Waals surface area contributed by atoms with Gasteiger partial charge in [0.25, 0.3) is 0 Å². The Labute approximate surface area is 158 Å². The van der Waals surface area contributed by atoms with Crippen LogP contribution in [-0.2, 0) is 0 Å². The fourth-order valence-electron chi connectivity index (χ4n) is 5.84. The van der Waals surface area contributed by atoms with Crippen LogP contribution in [0.2, 0.25) is 5.02 Å². The lowest BCUT2D eigenvalue weighted by atomic mass is 9.67. The number of hydrogen-bond donors (Lipinski definition) is 2. The van der Waals surface area contributed by atoms with Gasteiger partial charge in [-0.05, 0) is 84.7 Å². The van der Waals surface area contributed by atoms with Crippen LogP contribution in [0, 0.1) is 24.7 Å². The Hall–Kier alpha value is -2.00. The van der Waals surface area contributed by atoms with Crippen LogP contribution in [0.3, 0.4) is 0 Å². The number of fused-ring (bicyclic) bond motifs is 7. The number of nitrogens with one attached hydrogen (secondary N) is 1. The van der Waals surface area contributed by atoms with Crippen molar-refractivity contribution in [2.24, 2.45) is 17.8 Å². The smallest absolute Gasteiger partial charge is 0.335 e. The fraction of sp³-hybridized carbons (Fsp3) is 0.409. The molecule has 2 aliphatic carbocycles. The van der Waals surface area contributed by atoms with Crippen LogP contribution in [0.4, 0.5) is 5.69 Å². The zero-order chi connectivity index (χ0) is 18.0. The predicted octanol–water partition coefficient (Wildman–Crippen LogP) is 5.64. The lowest BCUT2D eigenvalue weighted by Crippen LogP contribution is -2.35. The Kier molecular flexibility index (Phi) is 3.58. The van der Waals surface area contributed by atoms with Crippen molar-refractivity contribution in [2.75, 3.05) is 5.32 Å². The van der Waals surface area contributed by atoms with E-state index < -0.39 is 5.97 Å². The SMILES string of the molecule is Cc1c(Cl)ccc2c1N[C@H](c1ccc(C(=O)O)cc1)[C@@H]1[C@H]3CC[C@@H](C3)[C@@H]21. The Bertz CT molecular complexity index is 892. The molecule has 134 valence electrons. The molecule has 3 aliphatic rings. The molecular formula is C22H22ClNO2. The molecule has 2 fully saturated rings. The Morgan fingerprint density at radius 1 is 1.12 bits per heavy atom. The van der Waals surface area contributed by atoms with E-state index in [1.54, 1.807) is 12.1 Å². The molecular weight excluding hydrogens is 346 g/mol. The maximum Gasteiger partial charge on any atom is 0.335 e. The van der Waals surface area contributed by atoms with E-state index in [1.165, 1.54) is 36.1 Å². The van der Waals surface area contributed by atoms with E-state index in [0.29, 0.717) is 17.4 Å². The summed E-state index contributed by atoms with van der Waals surface area (Å²) in [6.45, 7) is 2.09. The number of rotatable bonds is 2. The second kappa shape index (κ2) is 5.75. The van der Waals surface area contributed by atoms with E-state index in [1.807, 2.05) is 18.2 Å². The van der Waals surface area contributed by atoms with Crippen molar-refractivity contribution in [1.82, 2.24) is 0 Å². The number of anilines is 1. The van der Waals surface area contributed by atoms with Gasteiger partial charge in [-0.15, -0.1) is 0 Å². The lowest BCUT2D eigenvalue weighted by Gasteiger charge is -2.44. The highest BCUT2D eigenvalue weighted by Gasteiger charge is 2.54. The first-order valence-corrected chi connectivity index (χ1v) is 9.81. The van der Waals surface area contributed by atoms with E-state index in [4.69, 9.17) is 11.6 Å². The van der Waals surface area contributed by atoms with Gasteiger partial charge in [0.05, 0.1) is 11.6 Å². The minimum absolute atomic E-state index is 0.225. The van der Waals surface area contributed by atoms with Crippen LogP contribution < -0.4 is 5.32 Å². The molecule has 5 rings (SSSR count). The molecule has 0 amide bonds. The van der Waals surface area contributed by atoms with Crippen molar-refractivity contribution >= 4 is 23.3 Å². The average molecular weight is 368 g/mol. The third kappa shape index (κ3) is 2.23. The Morgan fingerprint density at radius 2 is 1.85 bits per heavy atom. The molecule has 0 radical (unpaired) electrons. The van der Waals surface area contributed by atoms with Crippen molar-refractivity contribution in [2.45, 2.75) is 38.1 Å². The van der Waals surface area contributed by atoms with E-state index in [9.17, 15) is 9.90 Å². The lowest BCUT2D eigenvalue weighted by molar-refractivity contribution is 0.0697. The van der Waals surface area contributed by atoms with Crippen LogP contribution in [-0.4, -0.2) is 11.1 Å². The number of hydrogen-bond acceptors (Lipinski definition) is 2. The van der Waals surface area contributed by atoms with Gasteiger partial charge in [-0.25, -0.2) is 4.79 Å². The van der Waals surface area contributed by atoms with E-state index in [-0.39, 0.29) is 6.04 Å². The molecule has 3 nitrogen and oxygen atoms in total. The van der Waals surface area contributed by atoms with Gasteiger partial charge >= 0.3 is 5.97 Å². The van der Waals surface area contributed by atoms with Gasteiger partial charge in [-0.1, -0.05) is 29.8 Å². The Balaban J connectivity index is 1.62. The Morgan fingerprint density at radius 3 is 2.58 bits per heavy atom. The summed E-state index contributed by atoms with van der Waals surface area (Å²) in [6.07, 6.45) is 3.97. The molecule has 5 atom stereocenters. The van der Waals surface area contributed by atoms with Gasteiger partial charge in [0.1, 0.15) is 0 Å². The van der Waals surface area contributed by atoms with Gasteiger partial charge in [0.2, 0.25) is 0 Å². The number of benzene rings is 2. The van der Waals surface area contributed by atoms with E-state index in [0.717, 1.165) is 22.4 Å². The van der Waals surface area contributed by atoms with Gasteiger partial charge in [0, 0.05) is 10.7 Å². The van der Waals surface area contributed by atoms with Gasteiger partial charge in [0.15, 0.2) is 0 Å². The molecule has 1 aliphatic heterocycles. The molecule has 1 heterocycles. The molecule has 0 spiro atoms. The largest absolute Gasteiger partial charge is 0.478 e. The molecule has 2 aromatic carbocycles. The molecule has 4 heteroatoms. The quantitative estimate of drug-likeness (QED) is 0.721. The highest BCUT2D eigenvalue weighted by atomic mass is 35.5. The van der Waals surface area contributed by atoms with Crippen LogP contribution in [0.1, 0.15) is 58.3 Å². The van der Waals surface area contributed by atoms with Crippen molar-refractivity contribution in [3.05, 3.63) is 63.7 Å². The van der Waals surface area contributed by atoms with Crippen molar-refractivity contribution in [3.63, 3.8) is 0 Å². The average Bonchev–Trinajstić information content (AvgIpc) is 3.26. The first-order valence-electron chi connectivity index (χ1n) is 9.43. The summed E-state index contributed by atoms with van der Waals surface area (Å²) in [5.74, 6) is 1.82. The maximum atomic E-state index is 11.2. The molecule has 2 N–H and O–H groups in total. The number of carboxylic acids is 1. The first-order chi connectivity index (χ1) is 12.5. The van der Waals surface area contributed by atoms with Gasteiger partial charge < -0.3 is 10.4 Å². The number of carboxylic acid groups (broad SMARTS) is 1. The normalized spacial score (nSPS) is 31.2. The van der Waals surface area contributed by atoms with Crippen molar-refractivity contribution in [1.29, 1.82) is 0 Å². The van der Waals surface area contributed by atoms with Crippen LogP contribution in [0.5, 0.6) is 0 Å². The van der Waals surface area contributed by atoms with Crippen LogP contribution in [0.25, 0.3) is 0 Å². The second-order valence-corrected chi connectivity index (χ2v) is 8.53. The standard InChI is InChI=1S/C22H22ClNO2/c1-11-17(23)9-8-16-18-14-6-7-15(10-14)19(18)21(24-20(11)16)12-2-4-13(5-3-12)22(25)26/h2-5,8-9,14-15,18-19,21,24H,6-7,10H2,1H3,(H,25,26)/t14-,15-,18-,19+,21+/m0/s1. The topological polar surface area (TPSA) is 49.3 Å². The third-order valence-electron chi connectivity index (χ3n) is 6.97. The summed E-state index contributed by atoms with van der Waals surface area (Å²) < 4.78 is 0. The summed E-state index contributed by atoms with van der Waals surface area (Å²) in [6, 6.07) is 11.9. The first kappa shape index (κ1) is 16.2. The molecule has 2 saturated carbocycles. The molecule has 26 heavy (non-hydrogen) atoms. The van der Waals surface area contributed by atoms with Crippen molar-refractivity contribution in [3.8, 4) is 0 Å². The van der Waals surface area contributed by atoms with Gasteiger partial charge in [-0.2, -0.15) is 0 Å². The molecule has 2 bridgehead atoms. The zero-order valence-electron chi connectivity index (χ0n) is 14.7. The zero-order valence-corrected chi connectivity index (χ0v) is 15.5. The van der Waals surface area contributed by atoms with Crippen LogP contribution >= 0.6 is 11.6 Å². The second-order valence-electron chi connectivity index (χ2n) is 8.12. The summed E-state index contributed by atoms with van der Waals surface area (Å²) in [7, 11) is 0. The highest BCUT2D eigenvalue weighted by molar-refractivity contribution is 6.31. The minimum Gasteiger partial charge on any atom is -0.478 e. The fourth-order valence-corrected chi connectivity index (χ4v) is 6.00. The molecule has 0 unspecified atom stereocenters. The summed E-state index contributed by atoms with van der Waals surface area (Å²) in [4.78, 5) is 11.2. The van der Waals surface area contributed by atoms with E-state index in [2.05, 4.69) is 18.3 Å².